The third kappa shape index (κ3) is 3.97. The molecule has 3 aliphatic heterocycles. The predicted octanol–water partition coefficient (Wildman–Crippen LogP) is 1.71. The van der Waals surface area contributed by atoms with E-state index in [2.05, 4.69) is 15.4 Å². The standard InChI is InChI=1S/C20H25N5O3S/c1-15-18(19-21-10-5-13-25(19)23-15)20(26)22-14-16-6-8-17(9-7-16)29(27,28)24-11-3-2-4-12-24/h5-10,13,18-19H,2-4,11-12,14H2,1H3,(H,22,26). The smallest absolute Gasteiger partial charge is 0.243 e. The van der Waals surface area contributed by atoms with Crippen LogP contribution >= 0.6 is 0 Å². The molecule has 3 heterocycles. The number of sulfonamides is 1. The highest BCUT2D eigenvalue weighted by molar-refractivity contribution is 7.89. The van der Waals surface area contributed by atoms with Crippen LogP contribution in [-0.4, -0.2) is 54.8 Å². The van der Waals surface area contributed by atoms with Crippen molar-refractivity contribution in [3.05, 3.63) is 42.1 Å². The number of carbonyl (C=O) groups is 1. The van der Waals surface area contributed by atoms with Gasteiger partial charge in [-0.2, -0.15) is 9.41 Å². The molecule has 1 fully saturated rings. The van der Waals surface area contributed by atoms with E-state index in [9.17, 15) is 13.2 Å². The molecule has 2 atom stereocenters. The van der Waals surface area contributed by atoms with Gasteiger partial charge < -0.3 is 5.32 Å². The van der Waals surface area contributed by atoms with Crippen LogP contribution < -0.4 is 5.32 Å². The molecule has 0 radical (unpaired) electrons. The number of carbonyl (C=O) groups excluding carboxylic acids is 1. The Bertz CT molecular complexity index is 962. The van der Waals surface area contributed by atoms with E-state index in [1.807, 2.05) is 6.92 Å². The van der Waals surface area contributed by atoms with Crippen LogP contribution in [0, 0.1) is 5.92 Å². The van der Waals surface area contributed by atoms with Crippen LogP contribution in [0.3, 0.4) is 0 Å². The third-order valence-electron chi connectivity index (χ3n) is 5.48. The topological polar surface area (TPSA) is 94.4 Å². The molecule has 0 saturated carbocycles. The molecule has 0 bridgehead atoms. The fourth-order valence-corrected chi connectivity index (χ4v) is 5.39. The minimum absolute atomic E-state index is 0.142. The lowest BCUT2D eigenvalue weighted by molar-refractivity contribution is -0.124. The number of hydrogen-bond acceptors (Lipinski definition) is 6. The summed E-state index contributed by atoms with van der Waals surface area (Å²) in [6.07, 6.45) is 7.82. The Hall–Kier alpha value is -2.52. The van der Waals surface area contributed by atoms with Gasteiger partial charge in [0, 0.05) is 32.0 Å². The number of hydrazone groups is 1. The Labute approximate surface area is 171 Å². The molecule has 0 aliphatic carbocycles. The van der Waals surface area contributed by atoms with Crippen LogP contribution in [0.25, 0.3) is 0 Å². The first-order valence-corrected chi connectivity index (χ1v) is 11.3. The molecule has 0 spiro atoms. The van der Waals surface area contributed by atoms with Crippen molar-refractivity contribution in [3.8, 4) is 0 Å². The molecule has 4 rings (SSSR count). The Morgan fingerprint density at radius 2 is 1.90 bits per heavy atom. The van der Waals surface area contributed by atoms with Gasteiger partial charge >= 0.3 is 0 Å². The zero-order valence-corrected chi connectivity index (χ0v) is 17.2. The summed E-state index contributed by atoms with van der Waals surface area (Å²) in [7, 11) is -3.44. The number of benzene rings is 1. The third-order valence-corrected chi connectivity index (χ3v) is 7.39. The van der Waals surface area contributed by atoms with Crippen LogP contribution in [0.1, 0.15) is 31.7 Å². The van der Waals surface area contributed by atoms with Crippen molar-refractivity contribution in [3.63, 3.8) is 0 Å². The summed E-state index contributed by atoms with van der Waals surface area (Å²) in [6.45, 7) is 3.31. The van der Waals surface area contributed by atoms with Crippen molar-refractivity contribution in [2.24, 2.45) is 16.0 Å². The molecule has 154 valence electrons. The minimum Gasteiger partial charge on any atom is -0.351 e. The maximum absolute atomic E-state index is 12.7. The van der Waals surface area contributed by atoms with Crippen molar-refractivity contribution in [1.29, 1.82) is 0 Å². The van der Waals surface area contributed by atoms with E-state index < -0.39 is 15.9 Å². The molecule has 1 N–H and O–H groups in total. The fourth-order valence-electron chi connectivity index (χ4n) is 3.87. The predicted molar refractivity (Wildman–Crippen MR) is 111 cm³/mol. The van der Waals surface area contributed by atoms with E-state index >= 15 is 0 Å². The Morgan fingerprint density at radius 3 is 2.62 bits per heavy atom. The summed E-state index contributed by atoms with van der Waals surface area (Å²) in [5, 5.41) is 8.98. The summed E-state index contributed by atoms with van der Waals surface area (Å²) in [6, 6.07) is 6.73. The first kappa shape index (κ1) is 19.8. The number of aliphatic imine (C=N–C) groups is 1. The highest BCUT2D eigenvalue weighted by atomic mass is 32.2. The minimum atomic E-state index is -3.44. The van der Waals surface area contributed by atoms with Crippen LogP contribution in [0.15, 0.2) is 51.5 Å². The number of fused-ring (bicyclic) bond motifs is 1. The van der Waals surface area contributed by atoms with Crippen molar-refractivity contribution >= 4 is 27.9 Å². The van der Waals surface area contributed by atoms with Gasteiger partial charge in [-0.1, -0.05) is 18.6 Å². The highest BCUT2D eigenvalue weighted by Gasteiger charge is 2.39. The van der Waals surface area contributed by atoms with Crippen molar-refractivity contribution < 1.29 is 13.2 Å². The van der Waals surface area contributed by atoms with E-state index in [1.54, 1.807) is 52.1 Å². The molecule has 8 nitrogen and oxygen atoms in total. The largest absolute Gasteiger partial charge is 0.351 e. The SMILES string of the molecule is CC1=NN2C=CC=NC2C1C(=O)NCc1ccc(S(=O)(=O)N2CCCCC2)cc1. The molecule has 1 aromatic rings. The van der Waals surface area contributed by atoms with Gasteiger partial charge in [0.15, 0.2) is 6.17 Å². The molecule has 1 aromatic carbocycles. The number of rotatable bonds is 5. The number of hydrogen-bond donors (Lipinski definition) is 1. The Kier molecular flexibility index (Phi) is 5.51. The molecule has 0 aromatic heterocycles. The van der Waals surface area contributed by atoms with E-state index in [0.29, 0.717) is 24.5 Å². The average Bonchev–Trinajstić information content (AvgIpc) is 3.08. The van der Waals surface area contributed by atoms with Gasteiger partial charge in [0.1, 0.15) is 5.92 Å². The van der Waals surface area contributed by atoms with Crippen LogP contribution in [0.4, 0.5) is 0 Å². The second-order valence-corrected chi connectivity index (χ2v) is 9.42. The van der Waals surface area contributed by atoms with E-state index in [0.717, 1.165) is 30.5 Å². The summed E-state index contributed by atoms with van der Waals surface area (Å²) in [5.74, 6) is -0.578. The lowest BCUT2D eigenvalue weighted by Gasteiger charge is -2.26. The number of piperidine rings is 1. The molecule has 9 heteroatoms. The molecule has 2 unspecified atom stereocenters. The lowest BCUT2D eigenvalue weighted by atomic mass is 10.0. The van der Waals surface area contributed by atoms with E-state index in [4.69, 9.17) is 0 Å². The fraction of sp³-hybridized carbons (Fsp3) is 0.450. The van der Waals surface area contributed by atoms with Gasteiger partial charge in [0.25, 0.3) is 0 Å². The Balaban J connectivity index is 1.38. The second kappa shape index (κ2) is 8.08. The normalized spacial score (nSPS) is 24.3. The molecule has 3 aliphatic rings. The van der Waals surface area contributed by atoms with Crippen LogP contribution in [0.2, 0.25) is 0 Å². The van der Waals surface area contributed by atoms with Crippen LogP contribution in [0.5, 0.6) is 0 Å². The lowest BCUT2D eigenvalue weighted by Crippen LogP contribution is -2.41. The molecule has 1 amide bonds. The first-order valence-electron chi connectivity index (χ1n) is 9.87. The summed E-state index contributed by atoms with van der Waals surface area (Å²) < 4.78 is 27.0. The molecule has 29 heavy (non-hydrogen) atoms. The van der Waals surface area contributed by atoms with Crippen molar-refractivity contribution in [2.75, 3.05) is 13.1 Å². The summed E-state index contributed by atoms with van der Waals surface area (Å²) in [5.41, 5.74) is 1.56. The van der Waals surface area contributed by atoms with Gasteiger partial charge in [0.2, 0.25) is 15.9 Å². The number of amides is 1. The molecular weight excluding hydrogens is 390 g/mol. The van der Waals surface area contributed by atoms with E-state index in [1.165, 1.54) is 0 Å². The van der Waals surface area contributed by atoms with Crippen LogP contribution in [-0.2, 0) is 21.4 Å². The van der Waals surface area contributed by atoms with Gasteiger partial charge in [-0.05, 0) is 43.5 Å². The Morgan fingerprint density at radius 1 is 1.17 bits per heavy atom. The zero-order chi connectivity index (χ0) is 20.4. The van der Waals surface area contributed by atoms with Gasteiger partial charge in [-0.25, -0.2) is 13.4 Å². The van der Waals surface area contributed by atoms with Gasteiger partial charge in [0.05, 0.1) is 10.6 Å². The monoisotopic (exact) mass is 415 g/mol. The van der Waals surface area contributed by atoms with E-state index in [-0.39, 0.29) is 12.1 Å². The molecular formula is C20H25N5O3S. The second-order valence-electron chi connectivity index (χ2n) is 7.48. The highest BCUT2D eigenvalue weighted by Crippen LogP contribution is 2.25. The maximum atomic E-state index is 12.7. The maximum Gasteiger partial charge on any atom is 0.243 e. The number of allylic oxidation sites excluding steroid dienone is 1. The molecule has 1 saturated heterocycles. The zero-order valence-electron chi connectivity index (χ0n) is 16.4. The number of nitrogens with zero attached hydrogens (tertiary/aromatic N) is 4. The summed E-state index contributed by atoms with van der Waals surface area (Å²) in [4.78, 5) is 17.3. The first-order chi connectivity index (χ1) is 14.0. The van der Waals surface area contributed by atoms with Crippen molar-refractivity contribution in [1.82, 2.24) is 14.6 Å². The average molecular weight is 416 g/mol. The van der Waals surface area contributed by atoms with Gasteiger partial charge in [-0.3, -0.25) is 9.79 Å². The summed E-state index contributed by atoms with van der Waals surface area (Å²) >= 11 is 0. The van der Waals surface area contributed by atoms with Crippen molar-refractivity contribution in [2.45, 2.75) is 43.8 Å². The number of nitrogens with one attached hydrogen (secondary N) is 1. The quantitative estimate of drug-likeness (QED) is 0.792. The van der Waals surface area contributed by atoms with Gasteiger partial charge in [-0.15, -0.1) is 0 Å².